The minimum Gasteiger partial charge on any atom is -0.309 e. The maximum Gasteiger partial charge on any atom is 0.230 e. The molecule has 1 heterocycles. The number of hydrogen-bond acceptors (Lipinski definition) is 2. The number of aromatic nitrogens is 1. The van der Waals surface area contributed by atoms with Crippen LogP contribution in [0.5, 0.6) is 0 Å². The molecule has 0 fully saturated rings. The van der Waals surface area contributed by atoms with Crippen molar-refractivity contribution in [3.8, 4) is 11.5 Å². The van der Waals surface area contributed by atoms with Gasteiger partial charge in [-0.25, -0.2) is 4.98 Å². The molecule has 0 radical (unpaired) electrons. The number of nitrogens with zero attached hydrogens (tertiary/aromatic N) is 1. The lowest BCUT2D eigenvalue weighted by Crippen LogP contribution is -2.28. The van der Waals surface area contributed by atoms with E-state index in [4.69, 9.17) is 0 Å². The zero-order valence-electron chi connectivity index (χ0n) is 12.6. The van der Waals surface area contributed by atoms with Gasteiger partial charge in [0.15, 0.2) is 0 Å². The molecule has 0 atom stereocenters. The van der Waals surface area contributed by atoms with Gasteiger partial charge < -0.3 is 5.32 Å². The first kappa shape index (κ1) is 15.5. The Morgan fingerprint density at radius 2 is 1.95 bits per heavy atom. The molecule has 0 aliphatic carbocycles. The van der Waals surface area contributed by atoms with Crippen LogP contribution in [0, 0.1) is 16.9 Å². The van der Waals surface area contributed by atoms with Gasteiger partial charge in [-0.15, -0.1) is 5.54 Å². The summed E-state index contributed by atoms with van der Waals surface area (Å²) in [4.78, 5) is 16.2. The number of hydrogen-bond donors (Lipinski definition) is 1. The van der Waals surface area contributed by atoms with Crippen molar-refractivity contribution < 1.29 is 4.79 Å². The Hall–Kier alpha value is -1.60. The van der Waals surface area contributed by atoms with Crippen LogP contribution in [-0.4, -0.2) is 19.0 Å². The molecule has 102 valence electrons. The summed E-state index contributed by atoms with van der Waals surface area (Å²) in [6, 6.07) is 3.72. The van der Waals surface area contributed by atoms with Crippen LogP contribution >= 0.6 is 0 Å². The minimum absolute atomic E-state index is 0.0535. The van der Waals surface area contributed by atoms with Crippen molar-refractivity contribution in [2.75, 3.05) is 5.32 Å². The Balaban J connectivity index is 3.03. The second kappa shape index (κ2) is 5.58. The van der Waals surface area contributed by atoms with Gasteiger partial charge >= 0.3 is 0 Å². The van der Waals surface area contributed by atoms with E-state index in [0.29, 0.717) is 5.82 Å². The smallest absolute Gasteiger partial charge is 0.230 e. The number of amides is 1. The molecular formula is C15H22N2OSi. The molecule has 0 aromatic carbocycles. The summed E-state index contributed by atoms with van der Waals surface area (Å²) in [6.45, 7) is 12.2. The lowest BCUT2D eigenvalue weighted by molar-refractivity contribution is -0.123. The first-order chi connectivity index (χ1) is 8.59. The molecule has 4 heteroatoms. The minimum atomic E-state index is -1.44. The van der Waals surface area contributed by atoms with Crippen molar-refractivity contribution in [2.24, 2.45) is 5.41 Å². The Labute approximate surface area is 116 Å². The number of pyridine rings is 1. The standard InChI is InChI=1S/C15H22N2OSi/c1-15(2,3)14(18)17-13-12(8-7-10-16-13)9-11-19(4,5)6/h7-8,10H,1-6H3,(H,16,17,18). The molecule has 1 N–H and O–H groups in total. The normalized spacial score (nSPS) is 11.5. The summed E-state index contributed by atoms with van der Waals surface area (Å²) >= 11 is 0. The maximum absolute atomic E-state index is 12.0. The van der Waals surface area contributed by atoms with Crippen LogP contribution in [0.25, 0.3) is 0 Å². The molecule has 1 aromatic heterocycles. The van der Waals surface area contributed by atoms with Crippen molar-refractivity contribution in [1.82, 2.24) is 4.98 Å². The summed E-state index contributed by atoms with van der Waals surface area (Å²) in [7, 11) is -1.44. The number of nitrogens with one attached hydrogen (secondary N) is 1. The van der Waals surface area contributed by atoms with Gasteiger partial charge in [0.05, 0.1) is 5.56 Å². The Bertz CT molecular complexity index is 528. The quantitative estimate of drug-likeness (QED) is 0.630. The monoisotopic (exact) mass is 274 g/mol. The van der Waals surface area contributed by atoms with Crippen LogP contribution in [0.2, 0.25) is 19.6 Å². The third-order valence-corrected chi connectivity index (χ3v) is 3.17. The topological polar surface area (TPSA) is 42.0 Å². The number of carbonyl (C=O) groups is 1. The van der Waals surface area contributed by atoms with Crippen LogP contribution in [0.4, 0.5) is 5.82 Å². The SMILES string of the molecule is CC(C)(C)C(=O)Nc1ncccc1C#C[Si](C)(C)C. The highest BCUT2D eigenvalue weighted by Crippen LogP contribution is 2.18. The highest BCUT2D eigenvalue weighted by molar-refractivity contribution is 6.83. The molecular weight excluding hydrogens is 252 g/mol. The highest BCUT2D eigenvalue weighted by atomic mass is 28.3. The molecule has 3 nitrogen and oxygen atoms in total. The molecule has 0 saturated carbocycles. The molecule has 0 spiro atoms. The highest BCUT2D eigenvalue weighted by Gasteiger charge is 2.22. The van der Waals surface area contributed by atoms with E-state index in [9.17, 15) is 4.79 Å². The third-order valence-electron chi connectivity index (χ3n) is 2.29. The fourth-order valence-corrected chi connectivity index (χ4v) is 1.67. The van der Waals surface area contributed by atoms with E-state index < -0.39 is 13.5 Å². The summed E-state index contributed by atoms with van der Waals surface area (Å²) in [5, 5.41) is 2.85. The van der Waals surface area contributed by atoms with Crippen LogP contribution in [0.3, 0.4) is 0 Å². The van der Waals surface area contributed by atoms with Crippen molar-refractivity contribution in [3.05, 3.63) is 23.9 Å². The fourth-order valence-electron chi connectivity index (χ4n) is 1.16. The molecule has 1 amide bonds. The van der Waals surface area contributed by atoms with Crippen LogP contribution in [0.1, 0.15) is 26.3 Å². The maximum atomic E-state index is 12.0. The van der Waals surface area contributed by atoms with E-state index in [2.05, 4.69) is 41.4 Å². The van der Waals surface area contributed by atoms with Crippen LogP contribution in [-0.2, 0) is 4.79 Å². The van der Waals surface area contributed by atoms with Gasteiger partial charge in [-0.2, -0.15) is 0 Å². The van der Waals surface area contributed by atoms with E-state index in [0.717, 1.165) is 5.56 Å². The molecule has 0 saturated heterocycles. The average molecular weight is 274 g/mol. The van der Waals surface area contributed by atoms with Gasteiger partial charge in [0, 0.05) is 11.6 Å². The predicted octanol–water partition coefficient (Wildman–Crippen LogP) is 3.30. The molecule has 0 aliphatic rings. The van der Waals surface area contributed by atoms with E-state index in [1.165, 1.54) is 0 Å². The number of rotatable bonds is 1. The Kier molecular flexibility index (Phi) is 4.54. The molecule has 1 rings (SSSR count). The van der Waals surface area contributed by atoms with Gasteiger partial charge in [0.1, 0.15) is 13.9 Å². The Morgan fingerprint density at radius 1 is 1.32 bits per heavy atom. The van der Waals surface area contributed by atoms with Crippen molar-refractivity contribution in [3.63, 3.8) is 0 Å². The third kappa shape index (κ3) is 5.27. The molecule has 0 aliphatic heterocycles. The Morgan fingerprint density at radius 3 is 2.47 bits per heavy atom. The van der Waals surface area contributed by atoms with E-state index in [1.54, 1.807) is 6.20 Å². The zero-order valence-corrected chi connectivity index (χ0v) is 13.6. The summed E-state index contributed by atoms with van der Waals surface area (Å²) < 4.78 is 0. The summed E-state index contributed by atoms with van der Waals surface area (Å²) in [5.41, 5.74) is 3.62. The number of carbonyl (C=O) groups excluding carboxylic acids is 1. The van der Waals surface area contributed by atoms with Gasteiger partial charge in [-0.05, 0) is 12.1 Å². The first-order valence-electron chi connectivity index (χ1n) is 6.39. The summed E-state index contributed by atoms with van der Waals surface area (Å²) in [5.74, 6) is 3.64. The average Bonchev–Trinajstić information content (AvgIpc) is 2.25. The second-order valence-corrected chi connectivity index (χ2v) is 11.4. The second-order valence-electron chi connectivity index (χ2n) is 6.60. The molecule has 0 unspecified atom stereocenters. The molecule has 1 aromatic rings. The predicted molar refractivity (Wildman–Crippen MR) is 82.5 cm³/mol. The van der Waals surface area contributed by atoms with E-state index in [-0.39, 0.29) is 5.91 Å². The summed E-state index contributed by atoms with van der Waals surface area (Å²) in [6.07, 6.45) is 1.66. The molecule has 19 heavy (non-hydrogen) atoms. The fraction of sp³-hybridized carbons (Fsp3) is 0.467. The lowest BCUT2D eigenvalue weighted by atomic mass is 9.95. The largest absolute Gasteiger partial charge is 0.309 e. The first-order valence-corrected chi connectivity index (χ1v) is 9.89. The van der Waals surface area contributed by atoms with Crippen molar-refractivity contribution >= 4 is 19.8 Å². The van der Waals surface area contributed by atoms with Gasteiger partial charge in [-0.3, -0.25) is 4.79 Å². The van der Waals surface area contributed by atoms with Gasteiger partial charge in [0.25, 0.3) is 0 Å². The lowest BCUT2D eigenvalue weighted by Gasteiger charge is -2.17. The number of anilines is 1. The molecule has 0 bridgehead atoms. The van der Waals surface area contributed by atoms with Crippen molar-refractivity contribution in [1.29, 1.82) is 0 Å². The van der Waals surface area contributed by atoms with E-state index >= 15 is 0 Å². The van der Waals surface area contributed by atoms with Gasteiger partial charge in [0.2, 0.25) is 5.91 Å². The van der Waals surface area contributed by atoms with Crippen LogP contribution < -0.4 is 5.32 Å². The van der Waals surface area contributed by atoms with Crippen LogP contribution in [0.15, 0.2) is 18.3 Å². The zero-order chi connectivity index (χ0) is 14.7. The van der Waals surface area contributed by atoms with Gasteiger partial charge in [-0.1, -0.05) is 46.3 Å². The van der Waals surface area contributed by atoms with E-state index in [1.807, 2.05) is 32.9 Å². The van der Waals surface area contributed by atoms with Crippen molar-refractivity contribution in [2.45, 2.75) is 40.4 Å².